The van der Waals surface area contributed by atoms with E-state index in [1.807, 2.05) is 30.3 Å². The topological polar surface area (TPSA) is 84.0 Å². The number of aryl methyl sites for hydroxylation is 1. The van der Waals surface area contributed by atoms with Crippen molar-refractivity contribution >= 4 is 28.5 Å². The van der Waals surface area contributed by atoms with Crippen molar-refractivity contribution in [2.75, 3.05) is 18.5 Å². The van der Waals surface area contributed by atoms with Gasteiger partial charge >= 0.3 is 0 Å². The van der Waals surface area contributed by atoms with Crippen molar-refractivity contribution in [1.82, 2.24) is 4.98 Å². The van der Waals surface area contributed by atoms with Gasteiger partial charge in [-0.1, -0.05) is 25.1 Å². The number of rotatable bonds is 5. The molecule has 0 aliphatic carbocycles. The predicted molar refractivity (Wildman–Crippen MR) is 123 cm³/mol. The highest BCUT2D eigenvalue weighted by Gasteiger charge is 2.35. The minimum absolute atomic E-state index is 0.0379. The van der Waals surface area contributed by atoms with Gasteiger partial charge in [-0.2, -0.15) is 5.26 Å². The van der Waals surface area contributed by atoms with E-state index in [-0.39, 0.29) is 11.5 Å². The van der Waals surface area contributed by atoms with Crippen LogP contribution in [-0.2, 0) is 10.2 Å². The number of benzene rings is 2. The highest BCUT2D eigenvalue weighted by atomic mass is 32.2. The predicted octanol–water partition coefficient (Wildman–Crippen LogP) is 5.23. The number of aromatic nitrogens is 1. The molecule has 2 unspecified atom stereocenters. The molecule has 1 aliphatic rings. The van der Waals surface area contributed by atoms with E-state index in [2.05, 4.69) is 44.3 Å². The number of ether oxygens (including phenoxy) is 1. The monoisotopic (exact) mass is 418 g/mol. The number of hydrogen-bond donors (Lipinski definition) is 2. The molecule has 1 fully saturated rings. The summed E-state index contributed by atoms with van der Waals surface area (Å²) < 4.78 is 5.66. The molecule has 2 heterocycles. The van der Waals surface area contributed by atoms with Crippen molar-refractivity contribution in [3.05, 3.63) is 64.8 Å². The van der Waals surface area contributed by atoms with Crippen LogP contribution >= 0.6 is 11.9 Å². The Morgan fingerprint density at radius 2 is 2.10 bits per heavy atom. The molecule has 30 heavy (non-hydrogen) atoms. The molecule has 1 aromatic heterocycles. The first kappa shape index (κ1) is 20.7. The first-order valence-corrected chi connectivity index (χ1v) is 11.0. The van der Waals surface area contributed by atoms with Crippen LogP contribution < -0.4 is 10.5 Å². The average Bonchev–Trinajstić information content (AvgIpc) is 3.20. The van der Waals surface area contributed by atoms with Gasteiger partial charge in [0.2, 0.25) is 0 Å². The van der Waals surface area contributed by atoms with Crippen LogP contribution in [0.1, 0.15) is 48.7 Å². The molecule has 0 spiro atoms. The molecule has 1 saturated heterocycles. The fraction of sp³-hybridized carbons (Fsp3) is 0.333. The van der Waals surface area contributed by atoms with E-state index in [9.17, 15) is 5.26 Å². The zero-order valence-corrected chi connectivity index (χ0v) is 18.3. The first-order chi connectivity index (χ1) is 14.4. The molecule has 2 aromatic carbocycles. The Labute approximate surface area is 181 Å². The normalized spacial score (nSPS) is 19.6. The Morgan fingerprint density at radius 1 is 1.30 bits per heavy atom. The summed E-state index contributed by atoms with van der Waals surface area (Å²) in [7, 11) is 0. The van der Waals surface area contributed by atoms with E-state index >= 15 is 0 Å². The van der Waals surface area contributed by atoms with Gasteiger partial charge in [-0.15, -0.1) is 0 Å². The van der Waals surface area contributed by atoms with Gasteiger partial charge in [0.1, 0.15) is 11.8 Å². The third kappa shape index (κ3) is 3.77. The van der Waals surface area contributed by atoms with Crippen molar-refractivity contribution in [2.45, 2.75) is 43.5 Å². The molecule has 154 valence electrons. The Kier molecular flexibility index (Phi) is 5.70. The Hall–Kier alpha value is -2.59. The molecule has 3 N–H and O–H groups in total. The average molecular weight is 419 g/mol. The second kappa shape index (κ2) is 8.27. The highest BCUT2D eigenvalue weighted by molar-refractivity contribution is 7.97. The molecule has 0 bridgehead atoms. The van der Waals surface area contributed by atoms with Gasteiger partial charge in [-0.05, 0) is 73.2 Å². The summed E-state index contributed by atoms with van der Waals surface area (Å²) in [4.78, 5) is 5.76. The van der Waals surface area contributed by atoms with Crippen LogP contribution in [0.3, 0.4) is 0 Å². The Morgan fingerprint density at radius 3 is 2.80 bits per heavy atom. The zero-order valence-electron chi connectivity index (χ0n) is 17.5. The molecule has 1 aliphatic heterocycles. The van der Waals surface area contributed by atoms with E-state index in [0.29, 0.717) is 18.9 Å². The summed E-state index contributed by atoms with van der Waals surface area (Å²) in [5, 5.41) is 20.3. The maximum atomic E-state index is 9.77. The standard InChI is InChI=1S/C24H26N4OS/c1-15-10-17(16(2)27-20-6-4-5-7-23(20)30-26)18-12-19(24(3)8-9-29-14-24)22(13-25)28-21(18)11-15/h4-7,10-12,16,27H,8-9,14,26H2,1-3H3. The van der Waals surface area contributed by atoms with Crippen LogP contribution in [0.25, 0.3) is 10.9 Å². The van der Waals surface area contributed by atoms with E-state index in [0.717, 1.165) is 44.6 Å². The van der Waals surface area contributed by atoms with Crippen LogP contribution in [0.2, 0.25) is 0 Å². The lowest BCUT2D eigenvalue weighted by Gasteiger charge is -2.25. The largest absolute Gasteiger partial charge is 0.380 e. The quantitative estimate of drug-likeness (QED) is 0.552. The van der Waals surface area contributed by atoms with Gasteiger partial charge in [0.15, 0.2) is 0 Å². The first-order valence-electron chi connectivity index (χ1n) is 10.1. The summed E-state index contributed by atoms with van der Waals surface area (Å²) >= 11 is 1.24. The maximum absolute atomic E-state index is 9.77. The Bertz CT molecular complexity index is 1130. The number of hydrogen-bond acceptors (Lipinski definition) is 6. The molecule has 5 nitrogen and oxygen atoms in total. The van der Waals surface area contributed by atoms with Crippen LogP contribution in [0.4, 0.5) is 5.69 Å². The fourth-order valence-corrected chi connectivity index (χ4v) is 4.64. The second-order valence-electron chi connectivity index (χ2n) is 8.26. The molecule has 6 heteroatoms. The smallest absolute Gasteiger partial charge is 0.145 e. The van der Waals surface area contributed by atoms with Gasteiger partial charge in [-0.25, -0.2) is 4.98 Å². The summed E-state index contributed by atoms with van der Waals surface area (Å²) in [5.74, 6) is 0. The molecular weight excluding hydrogens is 392 g/mol. The molecule has 0 amide bonds. The number of para-hydroxylation sites is 1. The van der Waals surface area contributed by atoms with Crippen molar-refractivity contribution in [2.24, 2.45) is 5.14 Å². The van der Waals surface area contributed by atoms with E-state index < -0.39 is 0 Å². The van der Waals surface area contributed by atoms with Crippen LogP contribution in [-0.4, -0.2) is 18.2 Å². The molecular formula is C24H26N4OS. The van der Waals surface area contributed by atoms with Gasteiger partial charge in [0.25, 0.3) is 0 Å². The summed E-state index contributed by atoms with van der Waals surface area (Å²) in [6.07, 6.45) is 0.894. The lowest BCUT2D eigenvalue weighted by Crippen LogP contribution is -2.24. The number of anilines is 1. The third-order valence-corrected chi connectivity index (χ3v) is 6.55. The van der Waals surface area contributed by atoms with Crippen LogP contribution in [0.5, 0.6) is 0 Å². The lowest BCUT2D eigenvalue weighted by atomic mass is 9.80. The van der Waals surface area contributed by atoms with Crippen LogP contribution in [0, 0.1) is 18.3 Å². The minimum Gasteiger partial charge on any atom is -0.380 e. The second-order valence-corrected chi connectivity index (χ2v) is 8.94. The Balaban J connectivity index is 1.84. The van der Waals surface area contributed by atoms with Gasteiger partial charge in [0, 0.05) is 34.0 Å². The van der Waals surface area contributed by atoms with E-state index in [4.69, 9.17) is 14.9 Å². The molecule has 4 rings (SSSR count). The molecule has 0 radical (unpaired) electrons. The zero-order chi connectivity index (χ0) is 21.3. The maximum Gasteiger partial charge on any atom is 0.145 e. The number of pyridine rings is 1. The van der Waals surface area contributed by atoms with Gasteiger partial charge in [-0.3, -0.25) is 5.14 Å². The minimum atomic E-state index is -0.187. The van der Waals surface area contributed by atoms with E-state index in [1.54, 1.807) is 0 Å². The number of fused-ring (bicyclic) bond motifs is 1. The number of nitrogens with zero attached hydrogens (tertiary/aromatic N) is 2. The van der Waals surface area contributed by atoms with Crippen molar-refractivity contribution in [3.8, 4) is 6.07 Å². The summed E-state index contributed by atoms with van der Waals surface area (Å²) in [6.45, 7) is 7.70. The SMILES string of the molecule is Cc1cc(C(C)Nc2ccccc2SN)c2cc(C3(C)CCOC3)c(C#N)nc2c1. The number of nitrogens with two attached hydrogens (primary N) is 1. The lowest BCUT2D eigenvalue weighted by molar-refractivity contribution is 0.180. The van der Waals surface area contributed by atoms with Crippen molar-refractivity contribution < 1.29 is 4.74 Å². The van der Waals surface area contributed by atoms with Crippen molar-refractivity contribution in [1.29, 1.82) is 5.26 Å². The van der Waals surface area contributed by atoms with E-state index in [1.165, 1.54) is 11.9 Å². The fourth-order valence-electron chi connectivity index (χ4n) is 4.23. The van der Waals surface area contributed by atoms with Crippen LogP contribution in [0.15, 0.2) is 47.4 Å². The van der Waals surface area contributed by atoms with Gasteiger partial charge in [0.05, 0.1) is 12.1 Å². The highest BCUT2D eigenvalue weighted by Crippen LogP contribution is 2.38. The molecule has 2 atom stereocenters. The van der Waals surface area contributed by atoms with Crippen molar-refractivity contribution in [3.63, 3.8) is 0 Å². The number of nitriles is 1. The molecule has 0 saturated carbocycles. The summed E-state index contributed by atoms with van der Waals surface area (Å²) in [6, 6.07) is 16.8. The third-order valence-electron chi connectivity index (χ3n) is 5.94. The summed E-state index contributed by atoms with van der Waals surface area (Å²) in [5.41, 5.74) is 5.42. The molecule has 3 aromatic rings. The number of nitrogens with one attached hydrogen (secondary N) is 1. The van der Waals surface area contributed by atoms with Gasteiger partial charge < -0.3 is 10.1 Å².